The van der Waals surface area contributed by atoms with Gasteiger partial charge < -0.3 is 0 Å². The third-order valence-electron chi connectivity index (χ3n) is 11.1. The van der Waals surface area contributed by atoms with Gasteiger partial charge in [-0.2, -0.15) is 0 Å². The van der Waals surface area contributed by atoms with Crippen molar-refractivity contribution in [3.63, 3.8) is 0 Å². The summed E-state index contributed by atoms with van der Waals surface area (Å²) in [6.07, 6.45) is 1.73. The van der Waals surface area contributed by atoms with Gasteiger partial charge >= 0.3 is 0 Å². The molecule has 8 rings (SSSR count). The molecule has 8 aromatic carbocycles. The second-order valence-electron chi connectivity index (χ2n) is 14.6. The lowest BCUT2D eigenvalue weighted by Crippen LogP contribution is -2.33. The van der Waals surface area contributed by atoms with Gasteiger partial charge in [-0.15, -0.1) is 0 Å². The van der Waals surface area contributed by atoms with Crippen molar-refractivity contribution in [3.8, 4) is 0 Å². The Bertz CT molecular complexity index is 2270. The van der Waals surface area contributed by atoms with Crippen LogP contribution in [0.4, 0.5) is 0 Å². The molecular formula is C53H46OP2+2. The molecule has 0 aliphatic heterocycles. The smallest absolute Gasteiger partial charge is 0.193 e. The number of hydrogen-bond acceptors (Lipinski definition) is 1. The van der Waals surface area contributed by atoms with Gasteiger partial charge in [0.1, 0.15) is 46.4 Å². The van der Waals surface area contributed by atoms with Gasteiger partial charge in [0.05, 0.1) is 12.3 Å². The van der Waals surface area contributed by atoms with Crippen LogP contribution in [0.15, 0.2) is 218 Å². The average molecular weight is 761 g/mol. The lowest BCUT2D eigenvalue weighted by Gasteiger charge is -2.29. The minimum absolute atomic E-state index is 0.0419. The van der Waals surface area contributed by atoms with Crippen LogP contribution in [0.25, 0.3) is 0 Å². The molecule has 272 valence electrons. The topological polar surface area (TPSA) is 17.1 Å². The van der Waals surface area contributed by atoms with Crippen LogP contribution in [0.1, 0.15) is 38.2 Å². The molecule has 0 aliphatic carbocycles. The SMILES string of the molecule is Cc1ccccc1[P+](Cc1ccc(C(=O)c2ccc(C[P+](c3ccccc3)(c3ccccc3)c3ccccc3C)cc2)cc1)(c1ccccc1)c1ccccc1. The molecule has 0 bridgehead atoms. The van der Waals surface area contributed by atoms with Gasteiger partial charge in [0, 0.05) is 11.1 Å². The molecule has 0 aromatic heterocycles. The van der Waals surface area contributed by atoms with Gasteiger partial charge in [0.2, 0.25) is 0 Å². The van der Waals surface area contributed by atoms with Crippen LogP contribution in [0.5, 0.6) is 0 Å². The Hall–Kier alpha value is -5.71. The molecule has 0 radical (unpaired) electrons. The van der Waals surface area contributed by atoms with Crippen molar-refractivity contribution in [3.05, 3.63) is 252 Å². The molecule has 0 heterocycles. The fourth-order valence-corrected chi connectivity index (χ4v) is 17.4. The highest BCUT2D eigenvalue weighted by molar-refractivity contribution is 7.95. The van der Waals surface area contributed by atoms with Crippen LogP contribution in [0.3, 0.4) is 0 Å². The second-order valence-corrected chi connectivity index (χ2v) is 21.5. The predicted octanol–water partition coefficient (Wildman–Crippen LogP) is 10.5. The van der Waals surface area contributed by atoms with Crippen molar-refractivity contribution in [2.45, 2.75) is 26.2 Å². The van der Waals surface area contributed by atoms with Gasteiger partial charge in [0.25, 0.3) is 0 Å². The third kappa shape index (κ3) is 7.22. The van der Waals surface area contributed by atoms with E-state index in [9.17, 15) is 4.79 Å². The molecule has 0 amide bonds. The summed E-state index contributed by atoms with van der Waals surface area (Å²) >= 11 is 0. The van der Waals surface area contributed by atoms with Crippen molar-refractivity contribution >= 4 is 52.1 Å². The number of benzene rings is 8. The van der Waals surface area contributed by atoms with Crippen LogP contribution >= 0.6 is 14.5 Å². The van der Waals surface area contributed by atoms with Crippen molar-refractivity contribution in [1.29, 1.82) is 0 Å². The maximum atomic E-state index is 14.1. The molecule has 1 nitrogen and oxygen atoms in total. The summed E-state index contributed by atoms with van der Waals surface area (Å²) in [5.74, 6) is 0.0419. The van der Waals surface area contributed by atoms with Gasteiger partial charge in [-0.3, -0.25) is 4.79 Å². The summed E-state index contributed by atoms with van der Waals surface area (Å²) in [6.45, 7) is 4.47. The summed E-state index contributed by atoms with van der Waals surface area (Å²) in [7, 11) is -4.17. The third-order valence-corrected chi connectivity index (χ3v) is 20.2. The lowest BCUT2D eigenvalue weighted by atomic mass is 10.0. The molecule has 0 fully saturated rings. The first-order valence-electron chi connectivity index (χ1n) is 19.3. The van der Waals surface area contributed by atoms with Crippen molar-refractivity contribution in [2.24, 2.45) is 0 Å². The Morgan fingerprint density at radius 3 is 0.893 bits per heavy atom. The molecule has 0 spiro atoms. The first-order chi connectivity index (χ1) is 27.5. The zero-order chi connectivity index (χ0) is 38.4. The Morgan fingerprint density at radius 2 is 0.607 bits per heavy atom. The molecule has 0 N–H and O–H groups in total. The summed E-state index contributed by atoms with van der Waals surface area (Å²) in [5, 5.41) is 8.21. The number of ketones is 1. The van der Waals surface area contributed by atoms with E-state index < -0.39 is 14.5 Å². The Morgan fingerprint density at radius 1 is 0.339 bits per heavy atom. The standard InChI is InChI=1S/C53H46OP2/c1-41-19-15-17-29-51(41)55(47-21-7-3-8-22-47,48-23-9-4-10-24-48)39-43-31-35-45(36-32-43)53(54)46-37-33-44(34-38-46)40-56(49-25-11-5-12-26-49,50-27-13-6-14-28-50)52-30-18-16-20-42(52)2/h3-38H,39-40H2,1-2H3/q+2. The molecule has 56 heavy (non-hydrogen) atoms. The molecule has 0 saturated carbocycles. The molecule has 0 saturated heterocycles. The van der Waals surface area contributed by atoms with E-state index in [1.54, 1.807) is 0 Å². The van der Waals surface area contributed by atoms with E-state index in [1.807, 2.05) is 24.3 Å². The Balaban J connectivity index is 1.11. The number of rotatable bonds is 12. The van der Waals surface area contributed by atoms with Crippen molar-refractivity contribution in [1.82, 2.24) is 0 Å². The summed E-state index contributed by atoms with van der Waals surface area (Å²) in [4.78, 5) is 14.1. The Labute approximate surface area is 333 Å². The van der Waals surface area contributed by atoms with Gasteiger partial charge in [0.15, 0.2) is 5.78 Å². The molecule has 0 unspecified atom stereocenters. The van der Waals surface area contributed by atoms with E-state index in [-0.39, 0.29) is 5.78 Å². The van der Waals surface area contributed by atoms with Crippen molar-refractivity contribution < 1.29 is 4.79 Å². The molecule has 0 aliphatic rings. The van der Waals surface area contributed by atoms with Crippen LogP contribution in [0.2, 0.25) is 0 Å². The summed E-state index contributed by atoms with van der Waals surface area (Å²) in [6, 6.07) is 78.5. The lowest BCUT2D eigenvalue weighted by molar-refractivity contribution is 0.103. The van der Waals surface area contributed by atoms with Gasteiger partial charge in [-0.1, -0.05) is 158 Å². The molecule has 3 heteroatoms. The normalized spacial score (nSPS) is 11.6. The van der Waals surface area contributed by atoms with Crippen LogP contribution < -0.4 is 31.8 Å². The van der Waals surface area contributed by atoms with E-state index in [0.29, 0.717) is 11.1 Å². The Kier molecular flexibility index (Phi) is 11.0. The molecule has 0 atom stereocenters. The summed E-state index contributed by atoms with van der Waals surface area (Å²) < 4.78 is 0. The monoisotopic (exact) mass is 760 g/mol. The van der Waals surface area contributed by atoms with E-state index in [0.717, 1.165) is 12.3 Å². The van der Waals surface area contributed by atoms with Crippen LogP contribution in [-0.2, 0) is 12.3 Å². The highest BCUT2D eigenvalue weighted by Gasteiger charge is 2.47. The first kappa shape index (κ1) is 37.2. The fourth-order valence-electron chi connectivity index (χ4n) is 8.34. The number of carbonyl (C=O) groups excluding carboxylic acids is 1. The highest BCUT2D eigenvalue weighted by atomic mass is 31.2. The average Bonchev–Trinajstić information content (AvgIpc) is 3.27. The minimum Gasteiger partial charge on any atom is -0.289 e. The predicted molar refractivity (Wildman–Crippen MR) is 243 cm³/mol. The van der Waals surface area contributed by atoms with E-state index >= 15 is 0 Å². The fraction of sp³-hybridized carbons (Fsp3) is 0.0755. The van der Waals surface area contributed by atoms with E-state index in [2.05, 4.69) is 208 Å². The first-order valence-corrected chi connectivity index (χ1v) is 23.3. The van der Waals surface area contributed by atoms with Gasteiger partial charge in [-0.05, 0) is 96.8 Å². The highest BCUT2D eigenvalue weighted by Crippen LogP contribution is 2.60. The number of carbonyl (C=O) groups is 1. The molecule has 8 aromatic rings. The van der Waals surface area contributed by atoms with E-state index in [1.165, 1.54) is 54.1 Å². The molecular weight excluding hydrogens is 715 g/mol. The quantitative estimate of drug-likeness (QED) is 0.0895. The van der Waals surface area contributed by atoms with Crippen molar-refractivity contribution in [2.75, 3.05) is 0 Å². The number of aryl methyl sites for hydroxylation is 2. The van der Waals surface area contributed by atoms with E-state index in [4.69, 9.17) is 0 Å². The maximum Gasteiger partial charge on any atom is 0.193 e. The largest absolute Gasteiger partial charge is 0.289 e. The zero-order valence-corrected chi connectivity index (χ0v) is 33.8. The zero-order valence-electron chi connectivity index (χ0n) is 32.0. The maximum absolute atomic E-state index is 14.1. The number of hydrogen-bond donors (Lipinski definition) is 0. The second kappa shape index (κ2) is 16.6. The van der Waals surface area contributed by atoms with Crippen LogP contribution in [0, 0.1) is 13.8 Å². The summed E-state index contributed by atoms with van der Waals surface area (Å²) in [5.41, 5.74) is 6.45. The minimum atomic E-state index is -2.09. The van der Waals surface area contributed by atoms with Crippen LogP contribution in [-0.4, -0.2) is 5.78 Å². The van der Waals surface area contributed by atoms with Gasteiger partial charge in [-0.25, -0.2) is 0 Å².